The maximum absolute atomic E-state index is 12.4. The summed E-state index contributed by atoms with van der Waals surface area (Å²) in [5.74, 6) is 1.50. The molecule has 1 aromatic heterocycles. The van der Waals surface area contributed by atoms with Crippen molar-refractivity contribution in [2.24, 2.45) is 0 Å². The van der Waals surface area contributed by atoms with Crippen molar-refractivity contribution >= 4 is 5.91 Å². The molecule has 5 heteroatoms. The predicted molar refractivity (Wildman–Crippen MR) is 85.7 cm³/mol. The van der Waals surface area contributed by atoms with Crippen molar-refractivity contribution in [2.45, 2.75) is 50.5 Å². The molecule has 2 fully saturated rings. The fourth-order valence-corrected chi connectivity index (χ4v) is 3.75. The van der Waals surface area contributed by atoms with Gasteiger partial charge in [-0.25, -0.2) is 0 Å². The van der Waals surface area contributed by atoms with Crippen molar-refractivity contribution in [2.75, 3.05) is 6.54 Å². The van der Waals surface area contributed by atoms with Gasteiger partial charge < -0.3 is 9.42 Å². The summed E-state index contributed by atoms with van der Waals surface area (Å²) in [7, 11) is 0. The maximum atomic E-state index is 12.4. The monoisotopic (exact) mass is 311 g/mol. The second-order valence-electron chi connectivity index (χ2n) is 6.56. The Morgan fingerprint density at radius 3 is 2.65 bits per heavy atom. The normalized spacial score (nSPS) is 22.7. The lowest BCUT2D eigenvalue weighted by Crippen LogP contribution is -2.37. The topological polar surface area (TPSA) is 59.2 Å². The standard InChI is InChI=1S/C18H21N3O2/c22-16-11-14(12-21(16)15-9-5-2-6-10-15)17-19-18(23-20-17)13-7-3-1-4-8-13/h1,3-4,7-8,14-15H,2,5-6,9-12H2. The average molecular weight is 311 g/mol. The van der Waals surface area contributed by atoms with E-state index in [9.17, 15) is 4.79 Å². The number of carbonyl (C=O) groups is 1. The highest BCUT2D eigenvalue weighted by Gasteiger charge is 2.37. The summed E-state index contributed by atoms with van der Waals surface area (Å²) in [6.07, 6.45) is 6.55. The lowest BCUT2D eigenvalue weighted by molar-refractivity contribution is -0.130. The number of likely N-dealkylation sites (tertiary alicyclic amines) is 1. The first-order valence-corrected chi connectivity index (χ1v) is 8.50. The van der Waals surface area contributed by atoms with E-state index >= 15 is 0 Å². The lowest BCUT2D eigenvalue weighted by Gasteiger charge is -2.31. The van der Waals surface area contributed by atoms with Crippen LogP contribution >= 0.6 is 0 Å². The van der Waals surface area contributed by atoms with Crippen LogP contribution in [0.5, 0.6) is 0 Å². The number of rotatable bonds is 3. The van der Waals surface area contributed by atoms with Gasteiger partial charge in [0.2, 0.25) is 5.91 Å². The third-order valence-corrected chi connectivity index (χ3v) is 5.00. The highest BCUT2D eigenvalue weighted by Crippen LogP contribution is 2.33. The third-order valence-electron chi connectivity index (χ3n) is 5.00. The first kappa shape index (κ1) is 14.4. The zero-order chi connectivity index (χ0) is 15.6. The molecule has 0 spiro atoms. The second kappa shape index (κ2) is 6.14. The minimum atomic E-state index is 0.0608. The molecule has 1 aliphatic heterocycles. The number of benzene rings is 1. The Bertz CT molecular complexity index is 677. The zero-order valence-electron chi connectivity index (χ0n) is 13.1. The molecule has 2 aromatic rings. The van der Waals surface area contributed by atoms with E-state index in [0.29, 0.717) is 24.2 Å². The fraction of sp³-hybridized carbons (Fsp3) is 0.500. The Balaban J connectivity index is 1.49. The zero-order valence-corrected chi connectivity index (χ0v) is 13.1. The molecule has 1 aliphatic carbocycles. The summed E-state index contributed by atoms with van der Waals surface area (Å²) in [5.41, 5.74) is 0.916. The number of hydrogen-bond acceptors (Lipinski definition) is 4. The van der Waals surface area contributed by atoms with Crippen LogP contribution in [-0.4, -0.2) is 33.5 Å². The third kappa shape index (κ3) is 2.87. The van der Waals surface area contributed by atoms with Crippen LogP contribution in [-0.2, 0) is 4.79 Å². The van der Waals surface area contributed by atoms with Crippen molar-refractivity contribution < 1.29 is 9.32 Å². The van der Waals surface area contributed by atoms with E-state index in [0.717, 1.165) is 24.9 Å². The predicted octanol–water partition coefficient (Wildman–Crippen LogP) is 3.39. The molecule has 1 unspecified atom stereocenters. The van der Waals surface area contributed by atoms with Gasteiger partial charge >= 0.3 is 0 Å². The first-order chi connectivity index (χ1) is 11.3. The van der Waals surface area contributed by atoms with Crippen molar-refractivity contribution in [3.05, 3.63) is 36.2 Å². The molecule has 0 radical (unpaired) electrons. The van der Waals surface area contributed by atoms with E-state index in [1.165, 1.54) is 19.3 Å². The van der Waals surface area contributed by atoms with Crippen LogP contribution in [0.4, 0.5) is 0 Å². The summed E-state index contributed by atoms with van der Waals surface area (Å²) >= 11 is 0. The lowest BCUT2D eigenvalue weighted by atomic mass is 9.94. The van der Waals surface area contributed by atoms with Gasteiger partial charge in [0.1, 0.15) is 0 Å². The summed E-state index contributed by atoms with van der Waals surface area (Å²) in [4.78, 5) is 19.0. The largest absolute Gasteiger partial charge is 0.339 e. The van der Waals surface area contributed by atoms with E-state index in [-0.39, 0.29) is 11.8 Å². The molecule has 1 aromatic carbocycles. The van der Waals surface area contributed by atoms with Crippen LogP contribution < -0.4 is 0 Å². The van der Waals surface area contributed by atoms with Gasteiger partial charge in [-0.05, 0) is 25.0 Å². The van der Waals surface area contributed by atoms with Gasteiger partial charge in [-0.2, -0.15) is 4.98 Å². The molecule has 1 atom stereocenters. The van der Waals surface area contributed by atoms with E-state index in [1.807, 2.05) is 30.3 Å². The minimum Gasteiger partial charge on any atom is -0.339 e. The van der Waals surface area contributed by atoms with E-state index < -0.39 is 0 Å². The van der Waals surface area contributed by atoms with Crippen molar-refractivity contribution in [3.8, 4) is 11.5 Å². The highest BCUT2D eigenvalue weighted by molar-refractivity contribution is 5.80. The van der Waals surface area contributed by atoms with Gasteiger partial charge in [-0.3, -0.25) is 4.79 Å². The van der Waals surface area contributed by atoms with Crippen LogP contribution in [0.3, 0.4) is 0 Å². The second-order valence-corrected chi connectivity index (χ2v) is 6.56. The average Bonchev–Trinajstić information content (AvgIpc) is 3.23. The molecule has 2 heterocycles. The van der Waals surface area contributed by atoms with Gasteiger partial charge in [0.25, 0.3) is 5.89 Å². The Morgan fingerprint density at radius 2 is 1.87 bits per heavy atom. The molecular weight excluding hydrogens is 290 g/mol. The Kier molecular flexibility index (Phi) is 3.85. The minimum absolute atomic E-state index is 0.0608. The van der Waals surface area contributed by atoms with Crippen LogP contribution in [0.1, 0.15) is 50.3 Å². The Hall–Kier alpha value is -2.17. The number of aromatic nitrogens is 2. The molecule has 2 aliphatic rings. The van der Waals surface area contributed by atoms with Gasteiger partial charge in [0.05, 0.1) is 0 Å². The van der Waals surface area contributed by atoms with E-state index in [4.69, 9.17) is 4.52 Å². The number of amides is 1. The summed E-state index contributed by atoms with van der Waals surface area (Å²) in [6.45, 7) is 0.733. The fourth-order valence-electron chi connectivity index (χ4n) is 3.75. The van der Waals surface area contributed by atoms with Crippen molar-refractivity contribution in [3.63, 3.8) is 0 Å². The smallest absolute Gasteiger partial charge is 0.257 e. The number of nitrogens with zero attached hydrogens (tertiary/aromatic N) is 3. The highest BCUT2D eigenvalue weighted by atomic mass is 16.5. The first-order valence-electron chi connectivity index (χ1n) is 8.50. The van der Waals surface area contributed by atoms with E-state index in [1.54, 1.807) is 0 Å². The molecule has 0 N–H and O–H groups in total. The molecule has 5 nitrogen and oxygen atoms in total. The van der Waals surface area contributed by atoms with Crippen molar-refractivity contribution in [1.82, 2.24) is 15.0 Å². The van der Waals surface area contributed by atoms with Crippen LogP contribution in [0, 0.1) is 0 Å². The molecule has 4 rings (SSSR count). The van der Waals surface area contributed by atoms with Crippen LogP contribution in [0.15, 0.2) is 34.9 Å². The Morgan fingerprint density at radius 1 is 1.09 bits per heavy atom. The summed E-state index contributed by atoms with van der Waals surface area (Å²) in [6, 6.07) is 10.2. The van der Waals surface area contributed by atoms with Crippen molar-refractivity contribution in [1.29, 1.82) is 0 Å². The molecule has 0 bridgehead atoms. The van der Waals surface area contributed by atoms with E-state index in [2.05, 4.69) is 15.0 Å². The van der Waals surface area contributed by atoms with Gasteiger partial charge in [-0.1, -0.05) is 42.6 Å². The van der Waals surface area contributed by atoms with Gasteiger partial charge in [-0.15, -0.1) is 0 Å². The van der Waals surface area contributed by atoms with Gasteiger partial charge in [0.15, 0.2) is 5.82 Å². The molecule has 1 amide bonds. The number of hydrogen-bond donors (Lipinski definition) is 0. The number of carbonyl (C=O) groups excluding carboxylic acids is 1. The van der Waals surface area contributed by atoms with Gasteiger partial charge in [0, 0.05) is 30.5 Å². The molecule has 120 valence electrons. The summed E-state index contributed by atoms with van der Waals surface area (Å²) < 4.78 is 5.39. The molecule has 1 saturated heterocycles. The molecule has 1 saturated carbocycles. The van der Waals surface area contributed by atoms with Crippen LogP contribution in [0.2, 0.25) is 0 Å². The quantitative estimate of drug-likeness (QED) is 0.872. The van der Waals surface area contributed by atoms with Crippen LogP contribution in [0.25, 0.3) is 11.5 Å². The SMILES string of the molecule is O=C1CC(c2noc(-c3ccccc3)n2)CN1C1CCCCC1. The summed E-state index contributed by atoms with van der Waals surface area (Å²) in [5, 5.41) is 4.12. The maximum Gasteiger partial charge on any atom is 0.257 e. The Labute approximate surface area is 135 Å². The molecule has 23 heavy (non-hydrogen) atoms. The molecular formula is C18H21N3O2.